The molecule has 0 atom stereocenters. The normalized spacial score (nSPS) is 10.5. The summed E-state index contributed by atoms with van der Waals surface area (Å²) in [5.41, 5.74) is 4.01. The summed E-state index contributed by atoms with van der Waals surface area (Å²) < 4.78 is 5.51. The molecule has 2 aromatic carbocycles. The van der Waals surface area contributed by atoms with Crippen LogP contribution in [0.1, 0.15) is 34.0 Å². The fourth-order valence-electron chi connectivity index (χ4n) is 2.65. The lowest BCUT2D eigenvalue weighted by Gasteiger charge is -2.18. The monoisotopic (exact) mass is 336 g/mol. The second-order valence-corrected chi connectivity index (χ2v) is 5.50. The van der Waals surface area contributed by atoms with E-state index in [0.29, 0.717) is 23.6 Å². The van der Waals surface area contributed by atoms with Crippen LogP contribution < -0.4 is 15.4 Å². The molecule has 0 aliphatic heterocycles. The Balaban J connectivity index is 2.42. The van der Waals surface area contributed by atoms with Gasteiger partial charge in [0.15, 0.2) is 0 Å². The molecule has 0 spiro atoms. The molecule has 0 heterocycles. The van der Waals surface area contributed by atoms with Crippen molar-refractivity contribution in [3.05, 3.63) is 77.4 Å². The highest BCUT2D eigenvalue weighted by Gasteiger charge is 2.18. The predicted octanol–water partition coefficient (Wildman–Crippen LogP) is 3.85. The zero-order valence-corrected chi connectivity index (χ0v) is 14.9. The van der Waals surface area contributed by atoms with E-state index in [1.54, 1.807) is 26.3 Å². The first-order valence-electron chi connectivity index (χ1n) is 8.15. The third-order valence-corrected chi connectivity index (χ3v) is 3.88. The molecule has 2 N–H and O–H groups in total. The molecule has 0 fully saturated rings. The van der Waals surface area contributed by atoms with E-state index in [-0.39, 0.29) is 5.91 Å². The molecule has 0 unspecified atom stereocenters. The number of hydrogen-bond donors (Lipinski definition) is 2. The van der Waals surface area contributed by atoms with Crippen molar-refractivity contribution < 1.29 is 9.53 Å². The van der Waals surface area contributed by atoms with E-state index in [1.807, 2.05) is 49.4 Å². The first-order chi connectivity index (χ1) is 12.1. The van der Waals surface area contributed by atoms with Gasteiger partial charge in [0.2, 0.25) is 0 Å². The summed E-state index contributed by atoms with van der Waals surface area (Å²) in [6.07, 6.45) is 3.80. The van der Waals surface area contributed by atoms with E-state index in [4.69, 9.17) is 4.74 Å². The van der Waals surface area contributed by atoms with Crippen LogP contribution in [0.2, 0.25) is 0 Å². The minimum Gasteiger partial charge on any atom is -0.496 e. The van der Waals surface area contributed by atoms with Crippen molar-refractivity contribution >= 4 is 17.7 Å². The minimum atomic E-state index is -0.145. The highest BCUT2D eigenvalue weighted by atomic mass is 16.5. The first-order valence-corrected chi connectivity index (χ1v) is 8.15. The Labute approximate surface area is 149 Å². The first kappa shape index (κ1) is 18.3. The molecule has 4 nitrogen and oxygen atoms in total. The highest BCUT2D eigenvalue weighted by Crippen LogP contribution is 2.31. The molecular weight excluding hydrogens is 312 g/mol. The molecule has 130 valence electrons. The lowest BCUT2D eigenvalue weighted by atomic mass is 9.96. The van der Waals surface area contributed by atoms with Crippen LogP contribution in [0.4, 0.5) is 0 Å². The van der Waals surface area contributed by atoms with E-state index in [0.717, 1.165) is 16.7 Å². The molecule has 0 saturated carbocycles. The van der Waals surface area contributed by atoms with Crippen LogP contribution in [0.3, 0.4) is 0 Å². The number of hydrogen-bond acceptors (Lipinski definition) is 3. The number of rotatable bonds is 7. The Morgan fingerprint density at radius 2 is 1.92 bits per heavy atom. The van der Waals surface area contributed by atoms with E-state index in [1.165, 1.54) is 0 Å². The molecule has 4 heteroatoms. The zero-order valence-electron chi connectivity index (χ0n) is 14.9. The SMILES string of the molecule is C=C(NCc1ccccc1)c1c(OC)ccc(C(=O)NC)c1/C=C\C. The largest absolute Gasteiger partial charge is 0.496 e. The molecule has 1 amide bonds. The van der Waals surface area contributed by atoms with E-state index in [9.17, 15) is 4.79 Å². The molecule has 2 aromatic rings. The van der Waals surface area contributed by atoms with Crippen molar-refractivity contribution in [2.45, 2.75) is 13.5 Å². The second kappa shape index (κ2) is 8.73. The molecule has 0 bridgehead atoms. The maximum absolute atomic E-state index is 12.2. The number of ether oxygens (including phenoxy) is 1. The van der Waals surface area contributed by atoms with Gasteiger partial charge in [0.1, 0.15) is 5.75 Å². The number of carbonyl (C=O) groups is 1. The van der Waals surface area contributed by atoms with Gasteiger partial charge in [0.05, 0.1) is 7.11 Å². The lowest BCUT2D eigenvalue weighted by molar-refractivity contribution is 0.0963. The van der Waals surface area contributed by atoms with Gasteiger partial charge >= 0.3 is 0 Å². The van der Waals surface area contributed by atoms with Gasteiger partial charge in [-0.1, -0.05) is 49.1 Å². The van der Waals surface area contributed by atoms with Crippen molar-refractivity contribution in [1.29, 1.82) is 0 Å². The molecule has 0 aliphatic carbocycles. The molecular formula is C21H24N2O2. The summed E-state index contributed by atoms with van der Waals surface area (Å²) in [6.45, 7) is 6.72. The highest BCUT2D eigenvalue weighted by molar-refractivity contribution is 6.00. The van der Waals surface area contributed by atoms with Gasteiger partial charge < -0.3 is 15.4 Å². The summed E-state index contributed by atoms with van der Waals surface area (Å²) in [5, 5.41) is 6.01. The predicted molar refractivity (Wildman–Crippen MR) is 103 cm³/mol. The number of allylic oxidation sites excluding steroid dienone is 1. The quantitative estimate of drug-likeness (QED) is 0.807. The Morgan fingerprint density at radius 3 is 2.52 bits per heavy atom. The number of methoxy groups -OCH3 is 1. The van der Waals surface area contributed by atoms with Crippen LogP contribution in [0.5, 0.6) is 5.75 Å². The topological polar surface area (TPSA) is 50.4 Å². The molecule has 0 radical (unpaired) electrons. The van der Waals surface area contributed by atoms with Gasteiger partial charge in [-0.25, -0.2) is 0 Å². The molecule has 0 aromatic heterocycles. The van der Waals surface area contributed by atoms with Gasteiger partial charge in [-0.05, 0) is 30.2 Å². The van der Waals surface area contributed by atoms with Gasteiger partial charge in [-0.3, -0.25) is 4.79 Å². The van der Waals surface area contributed by atoms with Crippen LogP contribution in [0, 0.1) is 0 Å². The van der Waals surface area contributed by atoms with E-state index in [2.05, 4.69) is 17.2 Å². The standard InChI is InChI=1S/C21H24N2O2/c1-5-9-17-18(21(24)22-3)12-13-19(25-4)20(17)15(2)23-14-16-10-7-6-8-11-16/h5-13,23H,2,14H2,1,3-4H3,(H,22,24)/b9-5-. The maximum atomic E-state index is 12.2. The van der Waals surface area contributed by atoms with Gasteiger partial charge in [-0.15, -0.1) is 0 Å². The zero-order chi connectivity index (χ0) is 18.2. The summed E-state index contributed by atoms with van der Waals surface area (Å²) in [4.78, 5) is 12.2. The minimum absolute atomic E-state index is 0.145. The average molecular weight is 336 g/mol. The molecule has 0 saturated heterocycles. The second-order valence-electron chi connectivity index (χ2n) is 5.50. The van der Waals surface area contributed by atoms with Crippen molar-refractivity contribution in [2.75, 3.05) is 14.2 Å². The van der Waals surface area contributed by atoms with Crippen molar-refractivity contribution in [1.82, 2.24) is 10.6 Å². The summed E-state index contributed by atoms with van der Waals surface area (Å²) in [5.74, 6) is 0.527. The summed E-state index contributed by atoms with van der Waals surface area (Å²) in [6, 6.07) is 13.6. The third-order valence-electron chi connectivity index (χ3n) is 3.88. The van der Waals surface area contributed by atoms with Crippen molar-refractivity contribution in [3.8, 4) is 5.75 Å². The Hall–Kier alpha value is -3.01. The maximum Gasteiger partial charge on any atom is 0.251 e. The van der Waals surface area contributed by atoms with Gasteiger partial charge in [-0.2, -0.15) is 0 Å². The molecule has 25 heavy (non-hydrogen) atoms. The van der Waals surface area contributed by atoms with Crippen LogP contribution in [-0.4, -0.2) is 20.1 Å². The molecule has 2 rings (SSSR count). The summed E-state index contributed by atoms with van der Waals surface area (Å²) >= 11 is 0. The van der Waals surface area contributed by atoms with Gasteiger partial charge in [0, 0.05) is 30.4 Å². The smallest absolute Gasteiger partial charge is 0.251 e. The lowest BCUT2D eigenvalue weighted by Crippen LogP contribution is -2.20. The summed E-state index contributed by atoms with van der Waals surface area (Å²) in [7, 11) is 3.23. The number of carbonyl (C=O) groups excluding carboxylic acids is 1. The number of amides is 1. The Kier molecular flexibility index (Phi) is 6.40. The van der Waals surface area contributed by atoms with E-state index < -0.39 is 0 Å². The van der Waals surface area contributed by atoms with Crippen LogP contribution in [0.25, 0.3) is 11.8 Å². The Bertz CT molecular complexity index is 780. The van der Waals surface area contributed by atoms with Crippen molar-refractivity contribution in [2.24, 2.45) is 0 Å². The molecule has 0 aliphatic rings. The number of nitrogens with one attached hydrogen (secondary N) is 2. The van der Waals surface area contributed by atoms with Crippen molar-refractivity contribution in [3.63, 3.8) is 0 Å². The average Bonchev–Trinajstić information content (AvgIpc) is 2.66. The fraction of sp³-hybridized carbons (Fsp3) is 0.190. The Morgan fingerprint density at radius 1 is 1.20 bits per heavy atom. The van der Waals surface area contributed by atoms with Crippen LogP contribution >= 0.6 is 0 Å². The third kappa shape index (κ3) is 4.29. The van der Waals surface area contributed by atoms with Crippen LogP contribution in [-0.2, 0) is 6.54 Å². The fourth-order valence-corrected chi connectivity index (χ4v) is 2.65. The van der Waals surface area contributed by atoms with Gasteiger partial charge in [0.25, 0.3) is 5.91 Å². The number of benzene rings is 2. The van der Waals surface area contributed by atoms with Crippen LogP contribution in [0.15, 0.2) is 55.1 Å². The van der Waals surface area contributed by atoms with E-state index >= 15 is 0 Å².